The second-order valence-corrected chi connectivity index (χ2v) is 9.45. The van der Waals surface area contributed by atoms with Crippen molar-refractivity contribution in [3.63, 3.8) is 0 Å². The van der Waals surface area contributed by atoms with Crippen LogP contribution in [0.4, 0.5) is 5.69 Å². The Labute approximate surface area is 192 Å². The molecule has 1 atom stereocenters. The van der Waals surface area contributed by atoms with Gasteiger partial charge in [-0.25, -0.2) is 4.79 Å². The van der Waals surface area contributed by atoms with Crippen LogP contribution in [0.25, 0.3) is 0 Å². The third-order valence-electron chi connectivity index (χ3n) is 4.60. The molecule has 0 radical (unpaired) electrons. The van der Waals surface area contributed by atoms with Crippen molar-refractivity contribution in [2.45, 2.75) is 37.8 Å². The molecule has 0 heterocycles. The highest BCUT2D eigenvalue weighted by molar-refractivity contribution is 8.00. The van der Waals surface area contributed by atoms with Crippen LogP contribution < -0.4 is 14.8 Å². The van der Waals surface area contributed by atoms with Gasteiger partial charge in [-0.15, -0.1) is 11.8 Å². The monoisotopic (exact) mass is 459 g/mol. The van der Waals surface area contributed by atoms with Crippen LogP contribution in [-0.2, 0) is 14.3 Å². The molecular weight excluding hydrogens is 430 g/mol. The first-order valence-electron chi connectivity index (χ1n) is 10.1. The zero-order chi connectivity index (χ0) is 23.9. The number of ether oxygens (including phenoxy) is 3. The Hall–Kier alpha value is -3.00. The van der Waals surface area contributed by atoms with Gasteiger partial charge < -0.3 is 19.5 Å². The Balaban J connectivity index is 2.07. The molecule has 0 aliphatic carbocycles. The lowest BCUT2D eigenvalue weighted by atomic mass is 9.91. The Morgan fingerprint density at radius 1 is 1.00 bits per heavy atom. The van der Waals surface area contributed by atoms with Crippen molar-refractivity contribution >= 4 is 35.1 Å². The van der Waals surface area contributed by atoms with Crippen molar-refractivity contribution in [2.24, 2.45) is 5.41 Å². The van der Waals surface area contributed by atoms with Gasteiger partial charge in [0.25, 0.3) is 0 Å². The first-order valence-corrected chi connectivity index (χ1v) is 10.9. The van der Waals surface area contributed by atoms with E-state index in [1.807, 2.05) is 0 Å². The molecule has 0 aliphatic heterocycles. The average molecular weight is 460 g/mol. The minimum Gasteiger partial charge on any atom is -0.493 e. The zero-order valence-electron chi connectivity index (χ0n) is 19.2. The molecule has 172 valence electrons. The van der Waals surface area contributed by atoms with E-state index in [0.717, 1.165) is 0 Å². The van der Waals surface area contributed by atoms with E-state index in [1.54, 1.807) is 70.2 Å². The van der Waals surface area contributed by atoms with E-state index in [4.69, 9.17) is 14.2 Å². The lowest BCUT2D eigenvalue weighted by molar-refractivity contribution is -0.129. The number of amides is 1. The summed E-state index contributed by atoms with van der Waals surface area (Å²) in [6, 6.07) is 11.9. The Morgan fingerprint density at radius 3 is 2.28 bits per heavy atom. The van der Waals surface area contributed by atoms with Gasteiger partial charge in [-0.3, -0.25) is 9.59 Å². The number of thioether (sulfide) groups is 1. The van der Waals surface area contributed by atoms with Gasteiger partial charge in [0.15, 0.2) is 23.9 Å². The number of carbonyl (C=O) groups is 3. The maximum atomic E-state index is 12.7. The van der Waals surface area contributed by atoms with Crippen LogP contribution in [0, 0.1) is 5.41 Å². The van der Waals surface area contributed by atoms with Crippen LogP contribution in [0.3, 0.4) is 0 Å². The largest absolute Gasteiger partial charge is 0.493 e. The summed E-state index contributed by atoms with van der Waals surface area (Å²) in [4.78, 5) is 37.9. The zero-order valence-corrected chi connectivity index (χ0v) is 20.0. The second kappa shape index (κ2) is 11.0. The Morgan fingerprint density at radius 2 is 1.66 bits per heavy atom. The molecule has 0 bridgehead atoms. The van der Waals surface area contributed by atoms with E-state index in [9.17, 15) is 14.4 Å². The molecule has 0 fully saturated rings. The van der Waals surface area contributed by atoms with Gasteiger partial charge in [-0.2, -0.15) is 0 Å². The first kappa shape index (κ1) is 25.3. The van der Waals surface area contributed by atoms with Crippen LogP contribution in [-0.4, -0.2) is 43.7 Å². The predicted octanol–water partition coefficient (Wildman–Crippen LogP) is 4.60. The lowest BCUT2D eigenvalue weighted by Gasteiger charge is -2.17. The topological polar surface area (TPSA) is 90.9 Å². The van der Waals surface area contributed by atoms with Gasteiger partial charge in [-0.05, 0) is 31.2 Å². The predicted molar refractivity (Wildman–Crippen MR) is 125 cm³/mol. The van der Waals surface area contributed by atoms with E-state index >= 15 is 0 Å². The molecule has 7 nitrogen and oxygen atoms in total. The van der Waals surface area contributed by atoms with Crippen molar-refractivity contribution in [3.8, 4) is 11.5 Å². The number of Topliss-reactive ketones (excluding diaryl/α,β-unsaturated/α-hetero) is 1. The van der Waals surface area contributed by atoms with Crippen LogP contribution in [0.1, 0.15) is 38.1 Å². The minimum absolute atomic E-state index is 0.168. The Kier molecular flexibility index (Phi) is 8.72. The first-order chi connectivity index (χ1) is 15.1. The second-order valence-electron chi connectivity index (χ2n) is 8.06. The highest BCUT2D eigenvalue weighted by Crippen LogP contribution is 2.31. The molecule has 1 amide bonds. The average Bonchev–Trinajstić information content (AvgIpc) is 2.76. The van der Waals surface area contributed by atoms with Crippen LogP contribution >= 0.6 is 11.8 Å². The molecule has 2 aromatic rings. The number of benzene rings is 2. The summed E-state index contributed by atoms with van der Waals surface area (Å²) in [5, 5.41) is 2.33. The SMILES string of the molecule is COc1ccc(NC(=O)[C@H](C)Sc2ccccc2C(=O)OCC(=O)C(C)(C)C)cc1OC. The molecule has 32 heavy (non-hydrogen) atoms. The van der Waals surface area contributed by atoms with Crippen molar-refractivity contribution in [3.05, 3.63) is 48.0 Å². The molecule has 0 unspecified atom stereocenters. The normalized spacial score (nSPS) is 11.9. The van der Waals surface area contributed by atoms with Crippen LogP contribution in [0.2, 0.25) is 0 Å². The van der Waals surface area contributed by atoms with Gasteiger partial charge in [0.2, 0.25) is 5.91 Å². The van der Waals surface area contributed by atoms with Gasteiger partial charge in [-0.1, -0.05) is 32.9 Å². The standard InChI is InChI=1S/C24H29NO6S/c1-15(22(27)25-16-11-12-18(29-5)19(13-16)30-6)32-20-10-8-7-9-17(20)23(28)31-14-21(26)24(2,3)4/h7-13,15H,14H2,1-6H3,(H,25,27)/t15-/m0/s1. The molecule has 0 aromatic heterocycles. The third-order valence-corrected chi connectivity index (χ3v) is 5.78. The number of hydrogen-bond acceptors (Lipinski definition) is 7. The lowest BCUT2D eigenvalue weighted by Crippen LogP contribution is -2.26. The molecule has 2 rings (SSSR count). The van der Waals surface area contributed by atoms with Crippen molar-refractivity contribution in [1.82, 2.24) is 0 Å². The van der Waals surface area contributed by atoms with Crippen molar-refractivity contribution in [1.29, 1.82) is 0 Å². The summed E-state index contributed by atoms with van der Waals surface area (Å²) < 4.78 is 15.7. The number of rotatable bonds is 9. The molecule has 0 spiro atoms. The summed E-state index contributed by atoms with van der Waals surface area (Å²) in [5.74, 6) is 0.0546. The number of ketones is 1. The molecule has 0 aliphatic rings. The minimum atomic E-state index is -0.599. The molecular formula is C24H29NO6S. The van der Waals surface area contributed by atoms with Crippen LogP contribution in [0.15, 0.2) is 47.4 Å². The van der Waals surface area contributed by atoms with E-state index in [0.29, 0.717) is 27.6 Å². The molecule has 1 N–H and O–H groups in total. The smallest absolute Gasteiger partial charge is 0.339 e. The number of esters is 1. The maximum absolute atomic E-state index is 12.7. The van der Waals surface area contributed by atoms with E-state index in [-0.39, 0.29) is 18.3 Å². The summed E-state index contributed by atoms with van der Waals surface area (Å²) >= 11 is 1.23. The highest BCUT2D eigenvalue weighted by atomic mass is 32.2. The van der Waals surface area contributed by atoms with Crippen molar-refractivity contribution in [2.75, 3.05) is 26.1 Å². The quantitative estimate of drug-likeness (QED) is 0.433. The molecule has 8 heteroatoms. The van der Waals surface area contributed by atoms with Crippen LogP contribution in [0.5, 0.6) is 11.5 Å². The van der Waals surface area contributed by atoms with E-state index < -0.39 is 16.6 Å². The van der Waals surface area contributed by atoms with Gasteiger partial charge in [0, 0.05) is 22.1 Å². The molecule has 0 saturated carbocycles. The van der Waals surface area contributed by atoms with E-state index in [1.165, 1.54) is 26.0 Å². The third kappa shape index (κ3) is 6.75. The summed E-state index contributed by atoms with van der Waals surface area (Å²) in [5.41, 5.74) is 0.282. The summed E-state index contributed by atoms with van der Waals surface area (Å²) in [6.45, 7) is 6.76. The number of anilines is 1. The van der Waals surface area contributed by atoms with Gasteiger partial charge in [0.1, 0.15) is 0 Å². The fourth-order valence-corrected chi connectivity index (χ4v) is 3.55. The van der Waals surface area contributed by atoms with Crippen molar-refractivity contribution < 1.29 is 28.6 Å². The number of nitrogens with one attached hydrogen (secondary N) is 1. The summed E-state index contributed by atoms with van der Waals surface area (Å²) in [7, 11) is 3.06. The number of carbonyl (C=O) groups excluding carboxylic acids is 3. The number of methoxy groups -OCH3 is 2. The molecule has 0 saturated heterocycles. The number of hydrogen-bond donors (Lipinski definition) is 1. The maximum Gasteiger partial charge on any atom is 0.339 e. The summed E-state index contributed by atoms with van der Waals surface area (Å²) in [6.07, 6.45) is 0. The van der Waals surface area contributed by atoms with Gasteiger partial charge >= 0.3 is 5.97 Å². The highest BCUT2D eigenvalue weighted by Gasteiger charge is 2.24. The van der Waals surface area contributed by atoms with Gasteiger partial charge in [0.05, 0.1) is 25.0 Å². The molecule has 2 aromatic carbocycles. The Bertz CT molecular complexity index is 983. The van der Waals surface area contributed by atoms with E-state index in [2.05, 4.69) is 5.32 Å². The fourth-order valence-electron chi connectivity index (χ4n) is 2.57. The fraction of sp³-hybridized carbons (Fsp3) is 0.375.